The molecule has 182 valence electrons. The van der Waals surface area contributed by atoms with Crippen molar-refractivity contribution in [2.75, 3.05) is 39.5 Å². The Morgan fingerprint density at radius 2 is 1.77 bits per heavy atom. The highest BCUT2D eigenvalue weighted by Crippen LogP contribution is 2.35. The second kappa shape index (κ2) is 11.8. The lowest BCUT2D eigenvalue weighted by Gasteiger charge is -2.40. The van der Waals surface area contributed by atoms with Gasteiger partial charge in [0.15, 0.2) is 4.75 Å². The summed E-state index contributed by atoms with van der Waals surface area (Å²) in [6.07, 6.45) is -0.336. The van der Waals surface area contributed by atoms with Crippen LogP contribution in [0.15, 0.2) is 0 Å². The number of ether oxygens (including phenoxy) is 2. The summed E-state index contributed by atoms with van der Waals surface area (Å²) in [5.74, 6) is -0.537. The standard InChI is InChI=1S/C19H33F3N2O6S/c20-19(21,22)9-15-29-12-3-1-2-4-16-5-10-24(11-6-16)31(27,28)18(17(25)23-26)7-13-30-14-8-18/h16,26H,1-15H2,(H,23,25). The van der Waals surface area contributed by atoms with Crippen LogP contribution >= 0.6 is 0 Å². The van der Waals surface area contributed by atoms with Gasteiger partial charge < -0.3 is 9.47 Å². The fourth-order valence-corrected chi connectivity index (χ4v) is 6.34. The van der Waals surface area contributed by atoms with Crippen molar-refractivity contribution in [1.82, 2.24) is 9.79 Å². The number of hydrogen-bond acceptors (Lipinski definition) is 6. The molecule has 1 amide bonds. The molecule has 2 N–H and O–H groups in total. The monoisotopic (exact) mass is 474 g/mol. The zero-order valence-corrected chi connectivity index (χ0v) is 18.5. The molecule has 0 aromatic heterocycles. The number of unbranched alkanes of at least 4 members (excludes halogenated alkanes) is 2. The summed E-state index contributed by atoms with van der Waals surface area (Å²) in [6.45, 7) is 0.944. The molecular formula is C19H33F3N2O6S. The molecule has 0 atom stereocenters. The largest absolute Gasteiger partial charge is 0.391 e. The van der Waals surface area contributed by atoms with Crippen molar-refractivity contribution in [3.8, 4) is 0 Å². The molecule has 2 rings (SSSR count). The minimum atomic E-state index is -4.19. The molecule has 2 heterocycles. The molecule has 2 aliphatic heterocycles. The Morgan fingerprint density at radius 1 is 1.13 bits per heavy atom. The lowest BCUT2D eigenvalue weighted by Crippen LogP contribution is -2.60. The number of rotatable bonds is 11. The first-order valence-corrected chi connectivity index (χ1v) is 12.2. The molecular weight excluding hydrogens is 441 g/mol. The molecule has 0 bridgehead atoms. The summed E-state index contributed by atoms with van der Waals surface area (Å²) in [5.41, 5.74) is 1.52. The topological polar surface area (TPSA) is 105 Å². The van der Waals surface area contributed by atoms with E-state index in [1.165, 1.54) is 9.79 Å². The predicted octanol–water partition coefficient (Wildman–Crippen LogP) is 2.61. The quantitative estimate of drug-likeness (QED) is 0.271. The summed E-state index contributed by atoms with van der Waals surface area (Å²) < 4.78 is 72.4. The number of hydrogen-bond donors (Lipinski definition) is 2. The maximum Gasteiger partial charge on any atom is 0.391 e. The van der Waals surface area contributed by atoms with Crippen LogP contribution in [-0.4, -0.2) is 74.3 Å². The second-order valence-corrected chi connectivity index (χ2v) is 10.5. The Kier molecular flexibility index (Phi) is 9.99. The van der Waals surface area contributed by atoms with E-state index in [0.717, 1.165) is 19.3 Å². The van der Waals surface area contributed by atoms with Gasteiger partial charge in [-0.3, -0.25) is 10.0 Å². The molecule has 0 aliphatic carbocycles. The predicted molar refractivity (Wildman–Crippen MR) is 106 cm³/mol. The van der Waals surface area contributed by atoms with Crippen LogP contribution in [-0.2, 0) is 24.3 Å². The number of piperidine rings is 1. The minimum Gasteiger partial charge on any atom is -0.381 e. The summed E-state index contributed by atoms with van der Waals surface area (Å²) in [4.78, 5) is 12.3. The number of carbonyl (C=O) groups excluding carboxylic acids is 1. The van der Waals surface area contributed by atoms with E-state index in [4.69, 9.17) is 14.7 Å². The highest BCUT2D eigenvalue weighted by Gasteiger charge is 2.54. The zero-order chi connectivity index (χ0) is 23.0. The minimum absolute atomic E-state index is 0.00664. The fraction of sp³-hybridized carbons (Fsp3) is 0.947. The summed E-state index contributed by atoms with van der Waals surface area (Å²) >= 11 is 0. The lowest BCUT2D eigenvalue weighted by atomic mass is 9.92. The van der Waals surface area contributed by atoms with Crippen LogP contribution in [0.3, 0.4) is 0 Å². The van der Waals surface area contributed by atoms with Gasteiger partial charge in [0, 0.05) is 45.8 Å². The first-order chi connectivity index (χ1) is 14.6. The maximum absolute atomic E-state index is 13.2. The Hall–Kier alpha value is -0.950. The number of hydroxylamine groups is 1. The van der Waals surface area contributed by atoms with Crippen LogP contribution in [0.2, 0.25) is 0 Å². The highest BCUT2D eigenvalue weighted by molar-refractivity contribution is 7.91. The SMILES string of the molecule is O=C(NO)C1(S(=O)(=O)N2CCC(CCCCCOCCC(F)(F)F)CC2)CCOCC1. The van der Waals surface area contributed by atoms with Crippen molar-refractivity contribution in [3.63, 3.8) is 0 Å². The van der Waals surface area contributed by atoms with Gasteiger partial charge >= 0.3 is 6.18 Å². The third-order valence-electron chi connectivity index (χ3n) is 6.15. The smallest absolute Gasteiger partial charge is 0.381 e. The molecule has 0 saturated carbocycles. The van der Waals surface area contributed by atoms with Gasteiger partial charge in [-0.25, -0.2) is 18.2 Å². The van der Waals surface area contributed by atoms with E-state index < -0.39 is 33.3 Å². The Balaban J connectivity index is 1.71. The number of halogens is 3. The molecule has 2 saturated heterocycles. The molecule has 0 aromatic carbocycles. The van der Waals surface area contributed by atoms with E-state index in [2.05, 4.69) is 0 Å². The first-order valence-electron chi connectivity index (χ1n) is 10.8. The molecule has 0 radical (unpaired) electrons. The summed E-state index contributed by atoms with van der Waals surface area (Å²) in [6, 6.07) is 0. The van der Waals surface area contributed by atoms with Gasteiger partial charge in [-0.1, -0.05) is 19.3 Å². The van der Waals surface area contributed by atoms with Crippen LogP contribution in [0.4, 0.5) is 13.2 Å². The van der Waals surface area contributed by atoms with Gasteiger partial charge in [0.25, 0.3) is 5.91 Å². The van der Waals surface area contributed by atoms with Crippen molar-refractivity contribution in [2.45, 2.75) is 68.7 Å². The van der Waals surface area contributed by atoms with Gasteiger partial charge in [-0.15, -0.1) is 0 Å². The zero-order valence-electron chi connectivity index (χ0n) is 17.7. The molecule has 2 fully saturated rings. The van der Waals surface area contributed by atoms with Crippen molar-refractivity contribution in [1.29, 1.82) is 0 Å². The molecule has 0 aromatic rings. The number of sulfonamides is 1. The van der Waals surface area contributed by atoms with Gasteiger partial charge in [0.2, 0.25) is 10.0 Å². The Labute approximate surface area is 181 Å². The summed E-state index contributed by atoms with van der Waals surface area (Å²) in [7, 11) is -3.95. The van der Waals surface area contributed by atoms with Crippen molar-refractivity contribution >= 4 is 15.9 Å². The number of nitrogens with zero attached hydrogens (tertiary/aromatic N) is 1. The Morgan fingerprint density at radius 3 is 2.35 bits per heavy atom. The Bertz CT molecular complexity index is 660. The summed E-state index contributed by atoms with van der Waals surface area (Å²) in [5, 5.41) is 9.10. The van der Waals surface area contributed by atoms with Gasteiger partial charge in [0.05, 0.1) is 13.0 Å². The molecule has 31 heavy (non-hydrogen) atoms. The number of amides is 1. The lowest BCUT2D eigenvalue weighted by molar-refractivity contribution is -0.145. The van der Waals surface area contributed by atoms with Crippen LogP contribution in [0.1, 0.15) is 57.8 Å². The van der Waals surface area contributed by atoms with E-state index in [1.807, 2.05) is 0 Å². The van der Waals surface area contributed by atoms with Crippen molar-refractivity contribution in [3.05, 3.63) is 0 Å². The number of alkyl halides is 3. The van der Waals surface area contributed by atoms with Crippen LogP contribution < -0.4 is 5.48 Å². The third kappa shape index (κ3) is 7.28. The van der Waals surface area contributed by atoms with E-state index in [1.54, 1.807) is 0 Å². The molecule has 8 nitrogen and oxygen atoms in total. The van der Waals surface area contributed by atoms with Gasteiger partial charge in [-0.05, 0) is 25.2 Å². The van der Waals surface area contributed by atoms with E-state index >= 15 is 0 Å². The fourth-order valence-electron chi connectivity index (χ4n) is 4.19. The molecule has 0 spiro atoms. The van der Waals surface area contributed by atoms with Gasteiger partial charge in [-0.2, -0.15) is 13.2 Å². The third-order valence-corrected chi connectivity index (χ3v) is 8.78. The van der Waals surface area contributed by atoms with Crippen molar-refractivity contribution < 1.29 is 41.1 Å². The number of carbonyl (C=O) groups is 1. The van der Waals surface area contributed by atoms with Crippen LogP contribution in [0.5, 0.6) is 0 Å². The maximum atomic E-state index is 13.2. The van der Waals surface area contributed by atoms with Crippen LogP contribution in [0.25, 0.3) is 0 Å². The van der Waals surface area contributed by atoms with Gasteiger partial charge in [0.1, 0.15) is 0 Å². The van der Waals surface area contributed by atoms with Crippen LogP contribution in [0, 0.1) is 5.92 Å². The highest BCUT2D eigenvalue weighted by atomic mass is 32.2. The molecule has 0 unspecified atom stereocenters. The average Bonchev–Trinajstić information content (AvgIpc) is 2.75. The van der Waals surface area contributed by atoms with Crippen molar-refractivity contribution in [2.24, 2.45) is 5.92 Å². The molecule has 2 aliphatic rings. The van der Waals surface area contributed by atoms with E-state index in [-0.39, 0.29) is 32.7 Å². The molecule has 12 heteroatoms. The van der Waals surface area contributed by atoms with E-state index in [0.29, 0.717) is 44.9 Å². The first kappa shape index (κ1) is 26.3. The average molecular weight is 475 g/mol. The van der Waals surface area contributed by atoms with E-state index in [9.17, 15) is 26.4 Å². The number of nitrogens with one attached hydrogen (secondary N) is 1. The second-order valence-electron chi connectivity index (χ2n) is 8.22. The normalized spacial score (nSPS) is 21.2.